The lowest BCUT2D eigenvalue weighted by molar-refractivity contribution is -0.320. The van der Waals surface area contributed by atoms with Crippen LogP contribution >= 0.6 is 11.8 Å². The second kappa shape index (κ2) is 16.0. The normalized spacial score (nSPS) is 23.9. The molecule has 10 heteroatoms. The quantitative estimate of drug-likeness (QED) is 0.160. The second-order valence-electron chi connectivity index (χ2n) is 13.0. The van der Waals surface area contributed by atoms with Crippen LogP contribution < -0.4 is 0 Å². The predicted molar refractivity (Wildman–Crippen MR) is 193 cm³/mol. The van der Waals surface area contributed by atoms with Gasteiger partial charge in [0.25, 0.3) is 0 Å². The number of amides is 1. The van der Waals surface area contributed by atoms with Crippen LogP contribution in [0, 0.1) is 0 Å². The zero-order valence-electron chi connectivity index (χ0n) is 28.7. The summed E-state index contributed by atoms with van der Waals surface area (Å²) in [4.78, 5) is 30.0. The number of rotatable bonds is 11. The van der Waals surface area contributed by atoms with Crippen molar-refractivity contribution < 1.29 is 38.4 Å². The van der Waals surface area contributed by atoms with E-state index in [4.69, 9.17) is 23.7 Å². The molecule has 9 nitrogen and oxygen atoms in total. The number of carbonyl (C=O) groups is 2. The highest BCUT2D eigenvalue weighted by molar-refractivity contribution is 7.99. The van der Waals surface area contributed by atoms with E-state index in [2.05, 4.69) is 24.3 Å². The van der Waals surface area contributed by atoms with Gasteiger partial charge in [0.2, 0.25) is 0 Å². The summed E-state index contributed by atoms with van der Waals surface area (Å²) >= 11 is 1.34. The van der Waals surface area contributed by atoms with Gasteiger partial charge in [0.1, 0.15) is 36.9 Å². The monoisotopic (exact) mass is 709 g/mol. The Bertz CT molecular complexity index is 1740. The van der Waals surface area contributed by atoms with E-state index >= 15 is 0 Å². The summed E-state index contributed by atoms with van der Waals surface area (Å²) in [5.74, 6) is -0.789. The van der Waals surface area contributed by atoms with Gasteiger partial charge in [-0.3, -0.25) is 9.69 Å². The Balaban J connectivity index is 1.08. The first-order valence-electron chi connectivity index (χ1n) is 17.6. The molecule has 0 aromatic heterocycles. The van der Waals surface area contributed by atoms with Crippen LogP contribution in [0.4, 0.5) is 4.79 Å². The smallest absolute Gasteiger partial charge is 0.410 e. The molecule has 0 spiro atoms. The highest BCUT2D eigenvalue weighted by atomic mass is 32.2. The van der Waals surface area contributed by atoms with Gasteiger partial charge in [-0.05, 0) is 47.2 Å². The van der Waals surface area contributed by atoms with Crippen LogP contribution in [0.1, 0.15) is 55.6 Å². The van der Waals surface area contributed by atoms with Gasteiger partial charge in [-0.2, -0.15) is 0 Å². The number of fused-ring (bicyclic) bond motifs is 4. The molecule has 1 amide bonds. The third-order valence-corrected chi connectivity index (χ3v) is 11.1. The molecule has 1 aliphatic carbocycles. The molecule has 2 aliphatic heterocycles. The molecule has 6 atom stereocenters. The SMILES string of the molecule is CCC(CC)N(CC(=O)O[C@@H]1[C@@H](O)[C@H](Sc2ccccc2)O[C@@H]2CO[C@H](c3ccccc3)O[C@H]12)C(=O)OCC1c2ccccc2-c2ccccc21. The van der Waals surface area contributed by atoms with Gasteiger partial charge in [0, 0.05) is 22.4 Å². The number of carbonyl (C=O) groups excluding carboxylic acids is 2. The van der Waals surface area contributed by atoms with Crippen molar-refractivity contribution in [3.05, 3.63) is 126 Å². The lowest BCUT2D eigenvalue weighted by Crippen LogP contribution is -2.62. The fourth-order valence-electron chi connectivity index (χ4n) is 7.28. The van der Waals surface area contributed by atoms with E-state index in [0.717, 1.165) is 32.7 Å². The van der Waals surface area contributed by atoms with Gasteiger partial charge >= 0.3 is 12.1 Å². The molecule has 51 heavy (non-hydrogen) atoms. The van der Waals surface area contributed by atoms with Crippen molar-refractivity contribution in [2.45, 2.75) is 79.7 Å². The standard InChI is InChI=1S/C41H43NO8S/c1-3-27(4-2)42(41(45)47-24-33-31-21-13-11-19-29(31)30-20-12-14-22-32(30)33)23-35(43)49-38-36(44)40(51-28-17-9-6-10-18-28)48-34-25-46-39(50-37(34)38)26-15-7-5-8-16-26/h5-22,27,33-34,36-40,44H,3-4,23-25H2,1-2H3/t34-,36-,37+,38-,39+,40+/m1/s1. The van der Waals surface area contributed by atoms with Crippen molar-refractivity contribution in [1.29, 1.82) is 0 Å². The van der Waals surface area contributed by atoms with Crippen molar-refractivity contribution in [1.82, 2.24) is 4.90 Å². The lowest BCUT2D eigenvalue weighted by atomic mass is 9.98. The molecule has 0 saturated carbocycles. The molecule has 2 heterocycles. The molecular weight excluding hydrogens is 667 g/mol. The van der Waals surface area contributed by atoms with Gasteiger partial charge in [-0.1, -0.05) is 123 Å². The Morgan fingerprint density at radius 2 is 1.45 bits per heavy atom. The molecule has 0 radical (unpaired) electrons. The summed E-state index contributed by atoms with van der Waals surface area (Å²) in [7, 11) is 0. The highest BCUT2D eigenvalue weighted by Crippen LogP contribution is 2.45. The maximum absolute atomic E-state index is 13.9. The molecule has 0 unspecified atom stereocenters. The fourth-order valence-corrected chi connectivity index (χ4v) is 8.36. The number of ether oxygens (including phenoxy) is 5. The molecule has 1 N–H and O–H groups in total. The minimum absolute atomic E-state index is 0.117. The summed E-state index contributed by atoms with van der Waals surface area (Å²) in [5, 5.41) is 11.7. The Morgan fingerprint density at radius 1 is 0.843 bits per heavy atom. The Hall–Kier alpha value is -4.19. The van der Waals surface area contributed by atoms with E-state index in [1.807, 2.05) is 98.8 Å². The lowest BCUT2D eigenvalue weighted by Gasteiger charge is -2.47. The van der Waals surface area contributed by atoms with E-state index in [9.17, 15) is 14.7 Å². The summed E-state index contributed by atoms with van der Waals surface area (Å²) in [5.41, 5.74) is 4.52. The van der Waals surface area contributed by atoms with E-state index < -0.39 is 48.2 Å². The third-order valence-electron chi connectivity index (χ3n) is 9.90. The van der Waals surface area contributed by atoms with E-state index in [1.165, 1.54) is 16.7 Å². The molecule has 4 aromatic rings. The Labute approximate surface area is 302 Å². The minimum atomic E-state index is -1.23. The Morgan fingerprint density at radius 3 is 2.10 bits per heavy atom. The first kappa shape index (κ1) is 35.2. The van der Waals surface area contributed by atoms with E-state index in [0.29, 0.717) is 12.8 Å². The number of benzene rings is 4. The molecule has 4 aromatic carbocycles. The zero-order valence-corrected chi connectivity index (χ0v) is 29.5. The number of hydrogen-bond acceptors (Lipinski definition) is 9. The average molecular weight is 710 g/mol. The van der Waals surface area contributed by atoms with Gasteiger partial charge in [0.15, 0.2) is 12.4 Å². The van der Waals surface area contributed by atoms with Crippen LogP contribution in [-0.2, 0) is 28.5 Å². The van der Waals surface area contributed by atoms with Crippen LogP contribution in [0.15, 0.2) is 114 Å². The largest absolute Gasteiger partial charge is 0.455 e. The molecule has 3 aliphatic rings. The third kappa shape index (κ3) is 7.56. The van der Waals surface area contributed by atoms with E-state index in [-0.39, 0.29) is 31.7 Å². The number of aliphatic hydroxyl groups is 1. The number of aliphatic hydroxyl groups excluding tert-OH is 1. The number of hydrogen-bond donors (Lipinski definition) is 1. The van der Waals surface area contributed by atoms with Crippen molar-refractivity contribution in [2.75, 3.05) is 19.8 Å². The number of thioether (sulfide) groups is 1. The summed E-state index contributed by atoms with van der Waals surface area (Å²) in [6.07, 6.45) is -3.82. The second-order valence-corrected chi connectivity index (χ2v) is 14.2. The first-order valence-corrected chi connectivity index (χ1v) is 18.5. The van der Waals surface area contributed by atoms with Crippen LogP contribution in [-0.4, -0.2) is 77.7 Å². The van der Waals surface area contributed by atoms with Crippen LogP contribution in [0.2, 0.25) is 0 Å². The zero-order chi connectivity index (χ0) is 35.3. The van der Waals surface area contributed by atoms with Crippen molar-refractivity contribution in [3.8, 4) is 11.1 Å². The van der Waals surface area contributed by atoms with Crippen LogP contribution in [0.3, 0.4) is 0 Å². The maximum Gasteiger partial charge on any atom is 0.410 e. The van der Waals surface area contributed by atoms with Gasteiger partial charge in [0.05, 0.1) is 6.61 Å². The summed E-state index contributed by atoms with van der Waals surface area (Å²) in [6, 6.07) is 35.1. The fraction of sp³-hybridized carbons (Fsp3) is 0.366. The highest BCUT2D eigenvalue weighted by Gasteiger charge is 2.52. The van der Waals surface area contributed by atoms with Crippen molar-refractivity contribution in [3.63, 3.8) is 0 Å². The van der Waals surface area contributed by atoms with Gasteiger partial charge in [-0.25, -0.2) is 4.79 Å². The van der Waals surface area contributed by atoms with Crippen molar-refractivity contribution in [2.24, 2.45) is 0 Å². The Kier molecular flexibility index (Phi) is 11.1. The van der Waals surface area contributed by atoms with Crippen LogP contribution in [0.5, 0.6) is 0 Å². The topological polar surface area (TPSA) is 104 Å². The van der Waals surface area contributed by atoms with Crippen LogP contribution in [0.25, 0.3) is 11.1 Å². The van der Waals surface area contributed by atoms with Gasteiger partial charge in [-0.15, -0.1) is 0 Å². The first-order chi connectivity index (χ1) is 24.9. The van der Waals surface area contributed by atoms with E-state index in [1.54, 1.807) is 0 Å². The average Bonchev–Trinajstić information content (AvgIpc) is 3.49. The molecule has 0 bridgehead atoms. The summed E-state index contributed by atoms with van der Waals surface area (Å²) in [6.45, 7) is 3.91. The molecular formula is C41H43NO8S. The van der Waals surface area contributed by atoms with Crippen molar-refractivity contribution >= 4 is 23.8 Å². The number of nitrogens with zero attached hydrogens (tertiary/aromatic N) is 1. The maximum atomic E-state index is 13.9. The van der Waals surface area contributed by atoms with Gasteiger partial charge < -0.3 is 28.8 Å². The molecule has 7 rings (SSSR count). The molecule has 2 fully saturated rings. The number of esters is 1. The predicted octanol–water partition coefficient (Wildman–Crippen LogP) is 7.33. The molecule has 2 saturated heterocycles. The molecule has 266 valence electrons. The summed E-state index contributed by atoms with van der Waals surface area (Å²) < 4.78 is 30.8. The minimum Gasteiger partial charge on any atom is -0.455 e.